The van der Waals surface area contributed by atoms with E-state index < -0.39 is 0 Å². The van der Waals surface area contributed by atoms with E-state index in [1.165, 1.54) is 16.9 Å². The fourth-order valence-electron chi connectivity index (χ4n) is 4.52. The lowest BCUT2D eigenvalue weighted by Crippen LogP contribution is -2.41. The summed E-state index contributed by atoms with van der Waals surface area (Å²) in [4.78, 5) is 18.9. The van der Waals surface area contributed by atoms with Gasteiger partial charge in [-0.3, -0.25) is 9.48 Å². The lowest BCUT2D eigenvalue weighted by molar-refractivity contribution is 0.0297. The van der Waals surface area contributed by atoms with Gasteiger partial charge >= 0.3 is 0 Å². The fraction of sp³-hybridized carbons (Fsp3) is 0.524. The average molecular weight is 399 g/mol. The van der Waals surface area contributed by atoms with E-state index in [2.05, 4.69) is 40.9 Å². The standard InChI is InChI=1S/C21H26N4O2S/c1-23-8-4-5-15(13-23)25-20-16-6-2-3-7-18(16)28-14-17(20)19(22-25)21(26)24-9-11-27-12-10-24/h2-3,6-7,15H,4-5,8-14H2,1H3. The molecule has 1 amide bonds. The van der Waals surface area contributed by atoms with E-state index in [1.807, 2.05) is 16.7 Å². The van der Waals surface area contributed by atoms with Crippen molar-refractivity contribution in [3.8, 4) is 11.3 Å². The van der Waals surface area contributed by atoms with Crippen molar-refractivity contribution in [2.45, 2.75) is 29.5 Å². The van der Waals surface area contributed by atoms with E-state index in [0.29, 0.717) is 38.0 Å². The minimum Gasteiger partial charge on any atom is -0.378 e. The number of thioether (sulfide) groups is 1. The maximum atomic E-state index is 13.3. The zero-order valence-corrected chi connectivity index (χ0v) is 17.1. The summed E-state index contributed by atoms with van der Waals surface area (Å²) in [5, 5.41) is 4.97. The molecule has 4 heterocycles. The summed E-state index contributed by atoms with van der Waals surface area (Å²) in [5.41, 5.74) is 4.13. The van der Waals surface area contributed by atoms with Crippen LogP contribution in [-0.4, -0.2) is 71.9 Å². The number of rotatable bonds is 2. The van der Waals surface area contributed by atoms with Crippen molar-refractivity contribution < 1.29 is 9.53 Å². The summed E-state index contributed by atoms with van der Waals surface area (Å²) in [5.74, 6) is 0.864. The van der Waals surface area contributed by atoms with Crippen LogP contribution in [0.4, 0.5) is 0 Å². The predicted octanol–water partition coefficient (Wildman–Crippen LogP) is 2.89. The number of likely N-dealkylation sites (tertiary alicyclic amines) is 1. The predicted molar refractivity (Wildman–Crippen MR) is 110 cm³/mol. The first kappa shape index (κ1) is 18.2. The van der Waals surface area contributed by atoms with Gasteiger partial charge in [0.05, 0.1) is 24.9 Å². The Morgan fingerprint density at radius 2 is 2.04 bits per heavy atom. The highest BCUT2D eigenvalue weighted by molar-refractivity contribution is 7.98. The highest BCUT2D eigenvalue weighted by atomic mass is 32.2. The van der Waals surface area contributed by atoms with Crippen LogP contribution < -0.4 is 0 Å². The van der Waals surface area contributed by atoms with Gasteiger partial charge in [-0.2, -0.15) is 5.10 Å². The second-order valence-corrected chi connectivity index (χ2v) is 8.89. The minimum atomic E-state index is 0.0578. The summed E-state index contributed by atoms with van der Waals surface area (Å²) >= 11 is 1.81. The molecule has 148 valence electrons. The van der Waals surface area contributed by atoms with E-state index in [4.69, 9.17) is 9.84 Å². The maximum Gasteiger partial charge on any atom is 0.274 e. The van der Waals surface area contributed by atoms with Crippen molar-refractivity contribution in [2.24, 2.45) is 0 Å². The molecule has 6 nitrogen and oxygen atoms in total. The molecule has 3 aliphatic heterocycles. The first-order valence-electron chi connectivity index (χ1n) is 10.1. The number of morpholine rings is 1. The average Bonchev–Trinajstić information content (AvgIpc) is 3.14. The summed E-state index contributed by atoms with van der Waals surface area (Å²) in [6, 6.07) is 8.84. The summed E-state index contributed by atoms with van der Waals surface area (Å²) in [6.07, 6.45) is 2.28. The van der Waals surface area contributed by atoms with Crippen LogP contribution in [0.5, 0.6) is 0 Å². The van der Waals surface area contributed by atoms with Gasteiger partial charge in [-0.15, -0.1) is 11.8 Å². The Morgan fingerprint density at radius 3 is 2.86 bits per heavy atom. The molecule has 0 saturated carbocycles. The Labute approximate surface area is 169 Å². The van der Waals surface area contributed by atoms with Gasteiger partial charge in [0, 0.05) is 41.4 Å². The number of hydrogen-bond acceptors (Lipinski definition) is 5. The molecule has 1 unspecified atom stereocenters. The van der Waals surface area contributed by atoms with Gasteiger partial charge in [-0.1, -0.05) is 18.2 Å². The lowest BCUT2D eigenvalue weighted by Gasteiger charge is -2.31. The number of amides is 1. The largest absolute Gasteiger partial charge is 0.378 e. The van der Waals surface area contributed by atoms with Crippen molar-refractivity contribution >= 4 is 17.7 Å². The van der Waals surface area contributed by atoms with Crippen molar-refractivity contribution in [3.63, 3.8) is 0 Å². The number of hydrogen-bond donors (Lipinski definition) is 0. The summed E-state index contributed by atoms with van der Waals surface area (Å²) in [6.45, 7) is 4.63. The van der Waals surface area contributed by atoms with Crippen LogP contribution in [0.2, 0.25) is 0 Å². The van der Waals surface area contributed by atoms with Crippen molar-refractivity contribution in [3.05, 3.63) is 35.5 Å². The third kappa shape index (κ3) is 3.15. The normalized spacial score (nSPS) is 22.6. The van der Waals surface area contributed by atoms with E-state index in [1.54, 1.807) is 0 Å². The van der Waals surface area contributed by atoms with Crippen LogP contribution >= 0.6 is 11.8 Å². The van der Waals surface area contributed by atoms with Crippen LogP contribution in [-0.2, 0) is 10.5 Å². The topological polar surface area (TPSA) is 50.6 Å². The summed E-state index contributed by atoms with van der Waals surface area (Å²) in [7, 11) is 2.17. The monoisotopic (exact) mass is 398 g/mol. The third-order valence-corrected chi connectivity index (χ3v) is 7.07. The Balaban J connectivity index is 1.61. The molecule has 7 heteroatoms. The SMILES string of the molecule is CN1CCCC(n2nc(C(=O)N3CCOCC3)c3c2-c2ccccc2SC3)C1. The van der Waals surface area contributed by atoms with Crippen molar-refractivity contribution in [2.75, 3.05) is 46.4 Å². The van der Waals surface area contributed by atoms with Crippen LogP contribution in [0.1, 0.15) is 34.9 Å². The van der Waals surface area contributed by atoms with Gasteiger partial charge in [0.25, 0.3) is 5.91 Å². The van der Waals surface area contributed by atoms with Gasteiger partial charge in [0.15, 0.2) is 5.69 Å². The number of carbonyl (C=O) groups is 1. The zero-order chi connectivity index (χ0) is 19.1. The molecule has 1 aromatic carbocycles. The fourth-order valence-corrected chi connectivity index (χ4v) is 5.59. The Morgan fingerprint density at radius 1 is 1.21 bits per heavy atom. The Kier molecular flexibility index (Phi) is 4.90. The zero-order valence-electron chi connectivity index (χ0n) is 16.3. The van der Waals surface area contributed by atoms with E-state index in [-0.39, 0.29) is 5.91 Å². The second-order valence-electron chi connectivity index (χ2n) is 7.87. The molecule has 2 saturated heterocycles. The first-order valence-corrected chi connectivity index (χ1v) is 11.1. The number of fused-ring (bicyclic) bond motifs is 3. The summed E-state index contributed by atoms with van der Waals surface area (Å²) < 4.78 is 7.61. The molecule has 5 rings (SSSR count). The molecule has 0 radical (unpaired) electrons. The highest BCUT2D eigenvalue weighted by Crippen LogP contribution is 2.44. The number of ether oxygens (including phenoxy) is 1. The van der Waals surface area contributed by atoms with Gasteiger partial charge in [-0.05, 0) is 32.5 Å². The number of aromatic nitrogens is 2. The van der Waals surface area contributed by atoms with Gasteiger partial charge in [-0.25, -0.2) is 0 Å². The van der Waals surface area contributed by atoms with Gasteiger partial charge in [0.2, 0.25) is 0 Å². The number of carbonyl (C=O) groups excluding carboxylic acids is 1. The Bertz CT molecular complexity index is 891. The quantitative estimate of drug-likeness (QED) is 0.779. The second kappa shape index (κ2) is 7.54. The molecule has 3 aliphatic rings. The van der Waals surface area contributed by atoms with Crippen LogP contribution in [0, 0.1) is 0 Å². The molecule has 2 aromatic rings. The molecule has 2 fully saturated rings. The van der Waals surface area contributed by atoms with Crippen LogP contribution in [0.3, 0.4) is 0 Å². The Hall–Kier alpha value is -1.83. The van der Waals surface area contributed by atoms with E-state index >= 15 is 0 Å². The molecule has 1 aromatic heterocycles. The van der Waals surface area contributed by atoms with Gasteiger partial charge in [0.1, 0.15) is 0 Å². The van der Waals surface area contributed by atoms with Crippen molar-refractivity contribution in [1.29, 1.82) is 0 Å². The molecule has 0 aliphatic carbocycles. The van der Waals surface area contributed by atoms with Gasteiger partial charge < -0.3 is 14.5 Å². The number of likely N-dealkylation sites (N-methyl/N-ethyl adjacent to an activating group) is 1. The van der Waals surface area contributed by atoms with Crippen LogP contribution in [0.15, 0.2) is 29.2 Å². The number of piperidine rings is 1. The number of nitrogens with zero attached hydrogens (tertiary/aromatic N) is 4. The van der Waals surface area contributed by atoms with E-state index in [0.717, 1.165) is 36.5 Å². The molecule has 0 spiro atoms. The third-order valence-electron chi connectivity index (χ3n) is 5.97. The minimum absolute atomic E-state index is 0.0578. The number of benzene rings is 1. The lowest BCUT2D eigenvalue weighted by atomic mass is 10.0. The molecule has 0 N–H and O–H groups in total. The molecule has 28 heavy (non-hydrogen) atoms. The molecule has 1 atom stereocenters. The smallest absolute Gasteiger partial charge is 0.274 e. The molecular formula is C21H26N4O2S. The molecular weight excluding hydrogens is 372 g/mol. The van der Waals surface area contributed by atoms with Crippen LogP contribution in [0.25, 0.3) is 11.3 Å². The molecule has 0 bridgehead atoms. The van der Waals surface area contributed by atoms with Crippen molar-refractivity contribution in [1.82, 2.24) is 19.6 Å². The van der Waals surface area contributed by atoms with E-state index in [9.17, 15) is 4.79 Å². The first-order chi connectivity index (χ1) is 13.7. The maximum absolute atomic E-state index is 13.3. The highest BCUT2D eigenvalue weighted by Gasteiger charge is 2.34.